The minimum atomic E-state index is -5.08. The highest BCUT2D eigenvalue weighted by atomic mass is 31.2. The molecule has 8 aromatic carbocycles. The van der Waals surface area contributed by atoms with E-state index in [9.17, 15) is 33.5 Å². The van der Waals surface area contributed by atoms with Gasteiger partial charge in [0.05, 0.1) is 39.6 Å². The molecule has 0 aliphatic heterocycles. The van der Waals surface area contributed by atoms with Crippen molar-refractivity contribution >= 4 is 51.4 Å². The van der Waals surface area contributed by atoms with Crippen LogP contribution >= 0.6 is 15.4 Å². The van der Waals surface area contributed by atoms with E-state index in [4.69, 9.17) is 52.5 Å². The van der Waals surface area contributed by atoms with E-state index in [-0.39, 0.29) is 81.2 Å². The van der Waals surface area contributed by atoms with E-state index < -0.39 is 94.4 Å². The summed E-state index contributed by atoms with van der Waals surface area (Å²) in [6, 6.07) is 54.2. The standard InChI is InChI=1S/C73H75N5O20P2/c74-37-39-90-41-43-91-42-40-89-38-36-67(79)75-65(47-94-72(83)92-45-62-58-28-14-10-24-54(58)55-25-11-15-29-59(55)62)69(81)77-66(48-95-73(84)93-46-63-60-30-16-12-26-56(60)57-27-13-17-31-61(57)63)70(82)76-64(44-49-18-4-1-5-19-49)68(80)78-71(50-32-34-53(35-33-50)98-100(86,87)88)99(85,96-51-20-6-2-7-21-51)97-52-22-8-3-9-23-52/h1-35,62-66,71H,36-48,74H2,(H,75,79)(H,76,82)(H,77,81)(H,78,80)(H2,86,87,88). The van der Waals surface area contributed by atoms with Gasteiger partial charge in [0, 0.05) is 31.2 Å². The van der Waals surface area contributed by atoms with Crippen molar-refractivity contribution in [1.82, 2.24) is 21.3 Å². The summed E-state index contributed by atoms with van der Waals surface area (Å²) >= 11 is 0. The van der Waals surface area contributed by atoms with Crippen molar-refractivity contribution in [2.45, 2.75) is 48.6 Å². The van der Waals surface area contributed by atoms with Crippen LogP contribution in [0.1, 0.15) is 57.4 Å². The van der Waals surface area contributed by atoms with Crippen molar-refractivity contribution in [3.05, 3.63) is 246 Å². The molecule has 27 heteroatoms. The quantitative estimate of drug-likeness (QED) is 0.0109. The lowest BCUT2D eigenvalue weighted by Crippen LogP contribution is -2.59. The molecule has 522 valence electrons. The van der Waals surface area contributed by atoms with Gasteiger partial charge in [0.25, 0.3) is 0 Å². The third-order valence-electron chi connectivity index (χ3n) is 16.0. The number of carbonyl (C=O) groups excluding carboxylic acids is 6. The van der Waals surface area contributed by atoms with E-state index in [0.29, 0.717) is 25.3 Å². The molecule has 4 atom stereocenters. The number of nitrogens with one attached hydrogen (secondary N) is 4. The maximum absolute atomic E-state index is 15.8. The summed E-state index contributed by atoms with van der Waals surface area (Å²) in [6.07, 6.45) is -3.06. The molecular formula is C73H75N5O20P2. The highest BCUT2D eigenvalue weighted by Gasteiger charge is 2.44. The lowest BCUT2D eigenvalue weighted by atomic mass is 9.98. The minimum Gasteiger partial charge on any atom is -0.433 e. The van der Waals surface area contributed by atoms with Gasteiger partial charge < -0.3 is 73.7 Å². The summed E-state index contributed by atoms with van der Waals surface area (Å²) in [7, 11) is -9.91. The Morgan fingerprint density at radius 2 is 0.790 bits per heavy atom. The molecule has 4 amide bonds. The highest BCUT2D eigenvalue weighted by molar-refractivity contribution is 7.55. The van der Waals surface area contributed by atoms with Gasteiger partial charge in [-0.05, 0) is 92.0 Å². The predicted molar refractivity (Wildman–Crippen MR) is 366 cm³/mol. The van der Waals surface area contributed by atoms with E-state index in [1.165, 1.54) is 36.4 Å². The molecule has 2 aliphatic carbocycles. The number of hydrogen-bond donors (Lipinski definition) is 7. The van der Waals surface area contributed by atoms with Gasteiger partial charge in [0.15, 0.2) is 5.78 Å². The third kappa shape index (κ3) is 20.2. The SMILES string of the molecule is NCCOCCOCCOCCC(=O)NC(COC(=O)OCC1c2ccccc2-c2ccccc21)C(=O)NC(COC(=O)OCC1c2ccccc2-c2ccccc21)C(=O)NC(Cc1ccccc1)C(=O)NC(c1ccc(OP(=O)(O)O)cc1)P(=O)(Oc1ccccc1)Oc1ccccc1. The molecule has 0 bridgehead atoms. The number of rotatable bonds is 36. The van der Waals surface area contributed by atoms with Crippen LogP contribution in [-0.4, -0.2) is 136 Å². The molecule has 0 aromatic heterocycles. The molecule has 0 radical (unpaired) electrons. The summed E-state index contributed by atoms with van der Waals surface area (Å²) < 4.78 is 84.0. The number of amides is 4. The van der Waals surface area contributed by atoms with Crippen molar-refractivity contribution in [2.24, 2.45) is 5.73 Å². The fourth-order valence-electron chi connectivity index (χ4n) is 11.4. The number of fused-ring (bicyclic) bond motifs is 6. The van der Waals surface area contributed by atoms with Gasteiger partial charge in [0.2, 0.25) is 23.6 Å². The van der Waals surface area contributed by atoms with Crippen LogP contribution in [0.15, 0.2) is 212 Å². The smallest absolute Gasteiger partial charge is 0.433 e. The second-order valence-corrected chi connectivity index (χ2v) is 26.0. The monoisotopic (exact) mass is 1400 g/mol. The second-order valence-electron chi connectivity index (χ2n) is 22.9. The van der Waals surface area contributed by atoms with Crippen LogP contribution in [0.2, 0.25) is 0 Å². The Labute approximate surface area is 576 Å². The lowest BCUT2D eigenvalue weighted by molar-refractivity contribution is -0.135. The van der Waals surface area contributed by atoms with Crippen molar-refractivity contribution in [3.63, 3.8) is 0 Å². The Kier molecular flexibility index (Phi) is 25.8. The predicted octanol–water partition coefficient (Wildman–Crippen LogP) is 9.65. The summed E-state index contributed by atoms with van der Waals surface area (Å²) in [5.41, 5.74) is 13.4. The minimum absolute atomic E-state index is 0.00208. The first-order chi connectivity index (χ1) is 48.5. The average Bonchev–Trinajstić information content (AvgIpc) is 1.63. The maximum Gasteiger partial charge on any atom is 0.524 e. The number of ether oxygens (including phenoxy) is 7. The van der Waals surface area contributed by atoms with Crippen LogP contribution in [-0.2, 0) is 67.9 Å². The molecule has 0 saturated heterocycles. The second kappa shape index (κ2) is 35.5. The van der Waals surface area contributed by atoms with Gasteiger partial charge in [-0.2, -0.15) is 0 Å². The summed E-state index contributed by atoms with van der Waals surface area (Å²) in [6.45, 7) is -0.750. The molecule has 0 fully saturated rings. The Morgan fingerprint density at radius 1 is 0.410 bits per heavy atom. The van der Waals surface area contributed by atoms with Gasteiger partial charge in [-0.1, -0.05) is 176 Å². The van der Waals surface area contributed by atoms with Gasteiger partial charge >= 0.3 is 27.7 Å². The zero-order valence-electron chi connectivity index (χ0n) is 54.1. The van der Waals surface area contributed by atoms with E-state index in [1.807, 2.05) is 97.1 Å². The number of benzene rings is 8. The zero-order valence-corrected chi connectivity index (χ0v) is 55.9. The molecule has 100 heavy (non-hydrogen) atoms. The van der Waals surface area contributed by atoms with Crippen LogP contribution in [0.25, 0.3) is 22.3 Å². The zero-order chi connectivity index (χ0) is 70.3. The first-order valence-corrected chi connectivity index (χ1v) is 35.2. The maximum atomic E-state index is 15.8. The average molecular weight is 1400 g/mol. The normalized spacial score (nSPS) is 13.5. The molecule has 8 aromatic rings. The molecule has 2 aliphatic rings. The van der Waals surface area contributed by atoms with Crippen LogP contribution < -0.4 is 40.6 Å². The van der Waals surface area contributed by atoms with E-state index in [2.05, 4.69) is 21.3 Å². The van der Waals surface area contributed by atoms with E-state index in [1.54, 1.807) is 66.7 Å². The first-order valence-electron chi connectivity index (χ1n) is 32.1. The van der Waals surface area contributed by atoms with Crippen LogP contribution in [0.4, 0.5) is 9.59 Å². The Hall–Kier alpha value is -10.2. The van der Waals surface area contributed by atoms with Crippen LogP contribution in [0, 0.1) is 0 Å². The topological polar surface area (TPSA) is 343 Å². The van der Waals surface area contributed by atoms with E-state index >= 15 is 14.2 Å². The van der Waals surface area contributed by atoms with Crippen LogP contribution in [0.5, 0.6) is 17.2 Å². The Bertz CT molecular complexity index is 4040. The summed E-state index contributed by atoms with van der Waals surface area (Å²) in [5.74, 6) is -6.88. The van der Waals surface area contributed by atoms with E-state index in [0.717, 1.165) is 56.6 Å². The molecule has 0 heterocycles. The van der Waals surface area contributed by atoms with Gasteiger partial charge in [-0.15, -0.1) is 0 Å². The Morgan fingerprint density at radius 3 is 1.24 bits per heavy atom. The van der Waals surface area contributed by atoms with Crippen molar-refractivity contribution in [1.29, 1.82) is 0 Å². The highest BCUT2D eigenvalue weighted by Crippen LogP contribution is 2.59. The number of phosphoric acid groups is 1. The number of hydrogen-bond acceptors (Lipinski definition) is 19. The fraction of sp³-hybridized carbons (Fsp3) is 0.260. The van der Waals surface area contributed by atoms with Gasteiger partial charge in [-0.3, -0.25) is 29.0 Å². The molecule has 10 rings (SSSR count). The molecule has 8 N–H and O–H groups in total. The molecule has 0 saturated carbocycles. The van der Waals surface area contributed by atoms with Gasteiger partial charge in [0.1, 0.15) is 61.8 Å². The first kappa shape index (κ1) is 72.5. The number of carbonyl (C=O) groups is 6. The largest absolute Gasteiger partial charge is 0.524 e. The number of nitrogens with two attached hydrogens (primary N) is 1. The van der Waals surface area contributed by atoms with Crippen LogP contribution in [0.3, 0.4) is 0 Å². The lowest BCUT2D eigenvalue weighted by Gasteiger charge is -2.30. The van der Waals surface area contributed by atoms with Crippen molar-refractivity contribution in [2.75, 3.05) is 72.6 Å². The number of phosphoric ester groups is 1. The van der Waals surface area contributed by atoms with Gasteiger partial charge in [-0.25, -0.2) is 18.7 Å². The summed E-state index contributed by atoms with van der Waals surface area (Å²) in [5, 5.41) is 10.5. The number of para-hydroxylation sites is 2. The molecular weight excluding hydrogens is 1330 g/mol. The van der Waals surface area contributed by atoms with Crippen molar-refractivity contribution in [3.8, 4) is 39.5 Å². The Balaban J connectivity index is 0.929. The summed E-state index contributed by atoms with van der Waals surface area (Å²) in [4.78, 5) is 106. The molecule has 0 spiro atoms. The fourth-order valence-corrected chi connectivity index (χ4v) is 13.7. The third-order valence-corrected chi connectivity index (χ3v) is 18.5. The molecule has 25 nitrogen and oxygen atoms in total. The van der Waals surface area contributed by atoms with Crippen molar-refractivity contribution < 1.29 is 94.4 Å². The molecule has 4 unspecified atom stereocenters.